The number of rotatable bonds is 9. The number of allylic oxidation sites excluding steroid dienone is 2. The third kappa shape index (κ3) is 4.16. The van der Waals surface area contributed by atoms with Crippen LogP contribution in [-0.2, 0) is 0 Å². The third-order valence-corrected chi connectivity index (χ3v) is 4.84. The normalized spacial score (nSPS) is 30.3. The minimum absolute atomic E-state index is 0.971. The molecule has 17 heavy (non-hydrogen) atoms. The molecule has 0 spiro atoms. The fourth-order valence-electron chi connectivity index (χ4n) is 3.77. The second-order valence-corrected chi connectivity index (χ2v) is 6.30. The molecule has 0 aromatic heterocycles. The highest BCUT2D eigenvalue weighted by Gasteiger charge is 2.34. The first kappa shape index (κ1) is 13.2. The Balaban J connectivity index is 1.41. The van der Waals surface area contributed by atoms with Gasteiger partial charge in [-0.3, -0.25) is 0 Å². The van der Waals surface area contributed by atoms with Crippen molar-refractivity contribution >= 4 is 0 Å². The summed E-state index contributed by atoms with van der Waals surface area (Å²) in [4.78, 5) is 0. The average molecular weight is 234 g/mol. The molecule has 1 saturated carbocycles. The predicted octanol–water partition coefficient (Wildman–Crippen LogP) is 5.73. The molecule has 0 aliphatic heterocycles. The molecule has 0 heteroatoms. The largest absolute Gasteiger partial charge is 0.0851 e. The van der Waals surface area contributed by atoms with Crippen LogP contribution >= 0.6 is 0 Å². The van der Waals surface area contributed by atoms with E-state index in [1.807, 2.05) is 0 Å². The van der Waals surface area contributed by atoms with Crippen molar-refractivity contribution in [2.75, 3.05) is 0 Å². The van der Waals surface area contributed by atoms with Crippen molar-refractivity contribution in [1.82, 2.24) is 0 Å². The first-order valence-corrected chi connectivity index (χ1v) is 8.08. The summed E-state index contributed by atoms with van der Waals surface area (Å²) in [6, 6.07) is 0. The maximum atomic E-state index is 2.50. The third-order valence-electron chi connectivity index (χ3n) is 4.84. The van der Waals surface area contributed by atoms with Gasteiger partial charge in [-0.1, -0.05) is 70.4 Å². The van der Waals surface area contributed by atoms with Crippen LogP contribution in [0.15, 0.2) is 12.2 Å². The molecular formula is C17H30. The molecule has 0 radical (unpaired) electrons. The summed E-state index contributed by atoms with van der Waals surface area (Å²) in [7, 11) is 0. The van der Waals surface area contributed by atoms with Crippen molar-refractivity contribution < 1.29 is 0 Å². The molecule has 2 rings (SSSR count). The van der Waals surface area contributed by atoms with Gasteiger partial charge in [0.1, 0.15) is 0 Å². The molecule has 0 unspecified atom stereocenters. The van der Waals surface area contributed by atoms with Crippen molar-refractivity contribution in [3.05, 3.63) is 12.2 Å². The lowest BCUT2D eigenvalue weighted by molar-refractivity contribution is 0.393. The van der Waals surface area contributed by atoms with Gasteiger partial charge in [0, 0.05) is 0 Å². The van der Waals surface area contributed by atoms with E-state index in [2.05, 4.69) is 19.1 Å². The van der Waals surface area contributed by atoms with Gasteiger partial charge in [-0.15, -0.1) is 0 Å². The zero-order valence-corrected chi connectivity index (χ0v) is 11.7. The predicted molar refractivity (Wildman–Crippen MR) is 76.1 cm³/mol. The molecule has 0 N–H and O–H groups in total. The highest BCUT2D eigenvalue weighted by atomic mass is 14.4. The van der Waals surface area contributed by atoms with Crippen molar-refractivity contribution in [3.63, 3.8) is 0 Å². The zero-order chi connectivity index (χ0) is 11.9. The van der Waals surface area contributed by atoms with E-state index in [4.69, 9.17) is 0 Å². The van der Waals surface area contributed by atoms with E-state index in [0.29, 0.717) is 0 Å². The fourth-order valence-corrected chi connectivity index (χ4v) is 3.77. The quantitative estimate of drug-likeness (QED) is 0.353. The van der Waals surface area contributed by atoms with Gasteiger partial charge in [-0.25, -0.2) is 0 Å². The molecule has 2 aliphatic carbocycles. The lowest BCUT2D eigenvalue weighted by Gasteiger charge is -2.17. The molecule has 0 amide bonds. The van der Waals surface area contributed by atoms with Crippen molar-refractivity contribution in [1.29, 1.82) is 0 Å². The monoisotopic (exact) mass is 234 g/mol. The van der Waals surface area contributed by atoms with E-state index in [1.54, 1.807) is 0 Å². The summed E-state index contributed by atoms with van der Waals surface area (Å²) in [5.41, 5.74) is 0. The van der Waals surface area contributed by atoms with Crippen molar-refractivity contribution in [2.45, 2.75) is 77.6 Å². The minimum atomic E-state index is 0.971. The topological polar surface area (TPSA) is 0 Å². The highest BCUT2D eigenvalue weighted by Crippen LogP contribution is 2.45. The molecule has 98 valence electrons. The van der Waals surface area contributed by atoms with E-state index in [9.17, 15) is 0 Å². The summed E-state index contributed by atoms with van der Waals surface area (Å²) in [5.74, 6) is 3.01. The maximum Gasteiger partial charge on any atom is -0.0199 e. The second-order valence-electron chi connectivity index (χ2n) is 6.30. The van der Waals surface area contributed by atoms with Crippen LogP contribution in [0.1, 0.15) is 77.6 Å². The van der Waals surface area contributed by atoms with Gasteiger partial charge in [-0.05, 0) is 37.0 Å². The Bertz CT molecular complexity index is 228. The Labute approximate surface area is 108 Å². The van der Waals surface area contributed by atoms with Crippen LogP contribution in [0.2, 0.25) is 0 Å². The van der Waals surface area contributed by atoms with Gasteiger partial charge in [0.25, 0.3) is 0 Å². The van der Waals surface area contributed by atoms with Gasteiger partial charge in [0.15, 0.2) is 0 Å². The Morgan fingerprint density at radius 3 is 2.12 bits per heavy atom. The van der Waals surface area contributed by atoms with Crippen molar-refractivity contribution in [3.8, 4) is 0 Å². The fraction of sp³-hybridized carbons (Fsp3) is 0.882. The van der Waals surface area contributed by atoms with Gasteiger partial charge >= 0.3 is 0 Å². The summed E-state index contributed by atoms with van der Waals surface area (Å²) < 4.78 is 0. The van der Waals surface area contributed by atoms with E-state index in [-0.39, 0.29) is 0 Å². The lowest BCUT2D eigenvalue weighted by Crippen LogP contribution is -2.06. The van der Waals surface area contributed by atoms with Crippen LogP contribution in [0.4, 0.5) is 0 Å². The summed E-state index contributed by atoms with van der Waals surface area (Å²) in [6.45, 7) is 2.30. The molecule has 3 atom stereocenters. The molecule has 1 fully saturated rings. The van der Waals surface area contributed by atoms with Gasteiger partial charge in [0.05, 0.1) is 0 Å². The molecule has 0 heterocycles. The first-order valence-electron chi connectivity index (χ1n) is 8.08. The molecule has 0 nitrogen and oxygen atoms in total. The Hall–Kier alpha value is -0.260. The Kier molecular flexibility index (Phi) is 5.61. The Morgan fingerprint density at radius 1 is 0.824 bits per heavy atom. The number of fused-ring (bicyclic) bond motifs is 2. The standard InChI is InChI=1S/C17H30/c1-2-3-4-5-6-7-8-9-10-16-13-15-11-12-17(16)14-15/h11-12,15-17H,2-10,13-14H2,1H3/t15-,16+,17-/m0/s1. The van der Waals surface area contributed by atoms with Crippen LogP contribution in [0.5, 0.6) is 0 Å². The minimum Gasteiger partial charge on any atom is -0.0851 e. The molecule has 2 aliphatic rings. The molecule has 0 aromatic carbocycles. The molecule has 0 saturated heterocycles. The SMILES string of the molecule is CCCCCCCCCC[C@@H]1C[C@@H]2C=C[C@H]1C2. The zero-order valence-electron chi connectivity index (χ0n) is 11.7. The number of hydrogen-bond acceptors (Lipinski definition) is 0. The van der Waals surface area contributed by atoms with Crippen LogP contribution in [0, 0.1) is 17.8 Å². The van der Waals surface area contributed by atoms with Crippen LogP contribution in [0.25, 0.3) is 0 Å². The smallest absolute Gasteiger partial charge is 0.0199 e. The molecular weight excluding hydrogens is 204 g/mol. The van der Waals surface area contributed by atoms with Crippen LogP contribution in [-0.4, -0.2) is 0 Å². The van der Waals surface area contributed by atoms with Gasteiger partial charge in [-0.2, -0.15) is 0 Å². The van der Waals surface area contributed by atoms with Gasteiger partial charge in [0.2, 0.25) is 0 Å². The van der Waals surface area contributed by atoms with Gasteiger partial charge < -0.3 is 0 Å². The van der Waals surface area contributed by atoms with Crippen LogP contribution in [0.3, 0.4) is 0 Å². The first-order chi connectivity index (χ1) is 8.40. The van der Waals surface area contributed by atoms with Crippen molar-refractivity contribution in [2.24, 2.45) is 17.8 Å². The average Bonchev–Trinajstić information content (AvgIpc) is 2.94. The van der Waals surface area contributed by atoms with E-state index >= 15 is 0 Å². The molecule has 2 bridgehead atoms. The molecule has 0 aromatic rings. The van der Waals surface area contributed by atoms with E-state index < -0.39 is 0 Å². The maximum absolute atomic E-state index is 2.50. The highest BCUT2D eigenvalue weighted by molar-refractivity contribution is 5.09. The van der Waals surface area contributed by atoms with E-state index in [1.165, 1.54) is 70.6 Å². The number of hydrogen-bond donors (Lipinski definition) is 0. The summed E-state index contributed by atoms with van der Waals surface area (Å²) >= 11 is 0. The summed E-state index contributed by atoms with van der Waals surface area (Å²) in [5, 5.41) is 0. The summed E-state index contributed by atoms with van der Waals surface area (Å²) in [6.07, 6.45) is 21.2. The lowest BCUT2D eigenvalue weighted by atomic mass is 9.88. The Morgan fingerprint density at radius 2 is 1.53 bits per heavy atom. The number of unbranched alkanes of at least 4 members (excludes halogenated alkanes) is 7. The van der Waals surface area contributed by atoms with Crippen LogP contribution < -0.4 is 0 Å². The van der Waals surface area contributed by atoms with E-state index in [0.717, 1.165) is 17.8 Å². The second kappa shape index (κ2) is 7.24.